The van der Waals surface area contributed by atoms with E-state index in [1.807, 2.05) is 19.1 Å². The molecule has 1 aromatic rings. The second-order valence-corrected chi connectivity index (χ2v) is 3.78. The zero-order chi connectivity index (χ0) is 10.6. The van der Waals surface area contributed by atoms with E-state index in [2.05, 4.69) is 10.3 Å². The van der Waals surface area contributed by atoms with Crippen LogP contribution in [0.2, 0.25) is 0 Å². The number of anilines is 1. The third kappa shape index (κ3) is 2.56. The molecule has 76 valence electrons. The topological polar surface area (TPSA) is 68.0 Å². The van der Waals surface area contributed by atoms with Crippen molar-refractivity contribution in [1.29, 1.82) is 0 Å². The quantitative estimate of drug-likeness (QED) is 0.741. The second kappa shape index (κ2) is 4.76. The Hall–Kier alpha value is -1.36. The molecule has 0 atom stereocenters. The van der Waals surface area contributed by atoms with Crippen molar-refractivity contribution in [3.8, 4) is 0 Å². The number of rotatable bonds is 3. The molecule has 3 N–H and O–H groups in total. The molecule has 0 aromatic carbocycles. The summed E-state index contributed by atoms with van der Waals surface area (Å²) < 4.78 is 0. The van der Waals surface area contributed by atoms with Crippen LogP contribution in [0.1, 0.15) is 22.3 Å². The van der Waals surface area contributed by atoms with Crippen molar-refractivity contribution >= 4 is 22.4 Å². The van der Waals surface area contributed by atoms with Gasteiger partial charge in [0.15, 0.2) is 5.13 Å². The van der Waals surface area contributed by atoms with E-state index in [4.69, 9.17) is 5.73 Å². The van der Waals surface area contributed by atoms with Gasteiger partial charge in [0.1, 0.15) is 4.88 Å². The van der Waals surface area contributed by atoms with Crippen LogP contribution in [0.25, 0.3) is 0 Å². The number of aryl methyl sites for hydroxylation is 1. The zero-order valence-corrected chi connectivity index (χ0v) is 9.02. The number of carbonyl (C=O) groups is 1. The highest BCUT2D eigenvalue weighted by Gasteiger charge is 2.12. The van der Waals surface area contributed by atoms with Crippen molar-refractivity contribution in [2.75, 3.05) is 12.3 Å². The molecule has 0 saturated carbocycles. The van der Waals surface area contributed by atoms with Crippen molar-refractivity contribution in [3.05, 3.63) is 22.7 Å². The maximum absolute atomic E-state index is 11.5. The highest BCUT2D eigenvalue weighted by molar-refractivity contribution is 7.17. The van der Waals surface area contributed by atoms with E-state index in [9.17, 15) is 4.79 Å². The number of hydrogen-bond donors (Lipinski definition) is 2. The van der Waals surface area contributed by atoms with Crippen molar-refractivity contribution in [2.45, 2.75) is 13.8 Å². The van der Waals surface area contributed by atoms with Crippen LogP contribution in [0.4, 0.5) is 5.13 Å². The maximum Gasteiger partial charge on any atom is 0.263 e. The summed E-state index contributed by atoms with van der Waals surface area (Å²) in [5, 5.41) is 3.17. The zero-order valence-electron chi connectivity index (χ0n) is 8.20. The molecule has 1 heterocycles. The first-order chi connectivity index (χ1) is 6.65. The first-order valence-electron chi connectivity index (χ1n) is 4.27. The Balaban J connectivity index is 2.65. The molecule has 0 bridgehead atoms. The van der Waals surface area contributed by atoms with E-state index in [0.717, 1.165) is 0 Å². The summed E-state index contributed by atoms with van der Waals surface area (Å²) in [7, 11) is 0. The van der Waals surface area contributed by atoms with Gasteiger partial charge >= 0.3 is 0 Å². The van der Waals surface area contributed by atoms with Crippen LogP contribution in [0, 0.1) is 6.92 Å². The number of hydrogen-bond acceptors (Lipinski definition) is 4. The van der Waals surface area contributed by atoms with Crippen molar-refractivity contribution < 1.29 is 4.79 Å². The summed E-state index contributed by atoms with van der Waals surface area (Å²) in [6, 6.07) is 0. The largest absolute Gasteiger partial charge is 0.375 e. The standard InChI is InChI=1S/C9H13N3OS/c1-3-4-5-11-8(13)7-6(2)12-9(10)14-7/h3-4H,5H2,1-2H3,(H2,10,12)(H,11,13)/b4-3+. The van der Waals surface area contributed by atoms with E-state index in [1.165, 1.54) is 11.3 Å². The molecule has 1 amide bonds. The number of nitrogens with zero attached hydrogens (tertiary/aromatic N) is 1. The van der Waals surface area contributed by atoms with Crippen LogP contribution in [0.3, 0.4) is 0 Å². The number of amides is 1. The van der Waals surface area contributed by atoms with Crippen LogP contribution in [0.5, 0.6) is 0 Å². The van der Waals surface area contributed by atoms with Gasteiger partial charge in [-0.15, -0.1) is 0 Å². The van der Waals surface area contributed by atoms with Gasteiger partial charge in [-0.1, -0.05) is 23.5 Å². The summed E-state index contributed by atoms with van der Waals surface area (Å²) in [5.41, 5.74) is 6.17. The number of allylic oxidation sites excluding steroid dienone is 1. The third-order valence-corrected chi connectivity index (χ3v) is 2.62. The third-order valence-electron chi connectivity index (χ3n) is 1.64. The predicted octanol–water partition coefficient (Wildman–Crippen LogP) is 1.34. The molecular weight excluding hydrogens is 198 g/mol. The molecule has 5 heteroatoms. The van der Waals surface area contributed by atoms with Crippen molar-refractivity contribution in [2.24, 2.45) is 0 Å². The van der Waals surface area contributed by atoms with E-state index < -0.39 is 0 Å². The van der Waals surface area contributed by atoms with E-state index in [-0.39, 0.29) is 5.91 Å². The average molecular weight is 211 g/mol. The summed E-state index contributed by atoms with van der Waals surface area (Å²) in [6.45, 7) is 4.21. The molecule has 0 aliphatic carbocycles. The highest BCUT2D eigenvalue weighted by Crippen LogP contribution is 2.18. The van der Waals surface area contributed by atoms with Gasteiger partial charge in [-0.2, -0.15) is 0 Å². The molecular formula is C9H13N3OS. The number of thiazole rings is 1. The van der Waals surface area contributed by atoms with Crippen LogP contribution in [0.15, 0.2) is 12.2 Å². The fraction of sp³-hybridized carbons (Fsp3) is 0.333. The fourth-order valence-corrected chi connectivity index (χ4v) is 1.73. The van der Waals surface area contributed by atoms with Gasteiger partial charge in [-0.3, -0.25) is 4.79 Å². The SMILES string of the molecule is C/C=C/CNC(=O)c1sc(N)nc1C. The number of nitrogens with one attached hydrogen (secondary N) is 1. The lowest BCUT2D eigenvalue weighted by Crippen LogP contribution is -2.22. The van der Waals surface area contributed by atoms with E-state index in [1.54, 1.807) is 6.92 Å². The van der Waals surface area contributed by atoms with Gasteiger partial charge in [0, 0.05) is 6.54 Å². The Labute approximate surface area is 86.8 Å². The Morgan fingerprint density at radius 3 is 2.93 bits per heavy atom. The molecule has 1 aromatic heterocycles. The Kier molecular flexibility index (Phi) is 3.64. The molecule has 0 aliphatic heterocycles. The van der Waals surface area contributed by atoms with Crippen molar-refractivity contribution in [1.82, 2.24) is 10.3 Å². The summed E-state index contributed by atoms with van der Waals surface area (Å²) >= 11 is 1.21. The van der Waals surface area contributed by atoms with Crippen LogP contribution in [-0.2, 0) is 0 Å². The monoisotopic (exact) mass is 211 g/mol. The summed E-state index contributed by atoms with van der Waals surface area (Å²) in [5.74, 6) is -0.116. The highest BCUT2D eigenvalue weighted by atomic mass is 32.1. The number of nitrogens with two attached hydrogens (primary N) is 1. The Morgan fingerprint density at radius 1 is 1.71 bits per heavy atom. The molecule has 0 aliphatic rings. The summed E-state index contributed by atoms with van der Waals surface area (Å²) in [6.07, 6.45) is 3.76. The minimum Gasteiger partial charge on any atom is -0.375 e. The Morgan fingerprint density at radius 2 is 2.43 bits per heavy atom. The lowest BCUT2D eigenvalue weighted by Gasteiger charge is -1.98. The lowest BCUT2D eigenvalue weighted by atomic mass is 10.3. The van der Waals surface area contributed by atoms with Gasteiger partial charge in [-0.05, 0) is 13.8 Å². The molecule has 0 fully saturated rings. The van der Waals surface area contributed by atoms with Crippen LogP contribution in [-0.4, -0.2) is 17.4 Å². The maximum atomic E-state index is 11.5. The molecule has 1 rings (SSSR count). The molecule has 14 heavy (non-hydrogen) atoms. The number of aromatic nitrogens is 1. The number of nitrogen functional groups attached to an aromatic ring is 1. The molecule has 0 saturated heterocycles. The van der Waals surface area contributed by atoms with Gasteiger partial charge in [0.2, 0.25) is 0 Å². The lowest BCUT2D eigenvalue weighted by molar-refractivity contribution is 0.0961. The summed E-state index contributed by atoms with van der Waals surface area (Å²) in [4.78, 5) is 16.1. The van der Waals surface area contributed by atoms with Gasteiger partial charge in [0.25, 0.3) is 5.91 Å². The first-order valence-corrected chi connectivity index (χ1v) is 5.09. The minimum atomic E-state index is -0.116. The normalized spacial score (nSPS) is 10.7. The van der Waals surface area contributed by atoms with Crippen LogP contribution >= 0.6 is 11.3 Å². The molecule has 0 unspecified atom stereocenters. The van der Waals surface area contributed by atoms with Gasteiger partial charge in [-0.25, -0.2) is 4.98 Å². The van der Waals surface area contributed by atoms with Gasteiger partial charge in [0.05, 0.1) is 5.69 Å². The smallest absolute Gasteiger partial charge is 0.263 e. The average Bonchev–Trinajstić information content (AvgIpc) is 2.45. The van der Waals surface area contributed by atoms with E-state index >= 15 is 0 Å². The predicted molar refractivity (Wildman–Crippen MR) is 58.4 cm³/mol. The van der Waals surface area contributed by atoms with Gasteiger partial charge < -0.3 is 11.1 Å². The van der Waals surface area contributed by atoms with Crippen molar-refractivity contribution in [3.63, 3.8) is 0 Å². The molecule has 4 nitrogen and oxygen atoms in total. The Bertz CT molecular complexity index is 357. The van der Waals surface area contributed by atoms with Crippen LogP contribution < -0.4 is 11.1 Å². The molecule has 0 spiro atoms. The fourth-order valence-electron chi connectivity index (χ4n) is 0.978. The second-order valence-electron chi connectivity index (χ2n) is 2.75. The molecule has 0 radical (unpaired) electrons. The minimum absolute atomic E-state index is 0.116. The van der Waals surface area contributed by atoms with E-state index in [0.29, 0.717) is 22.2 Å². The number of carbonyl (C=O) groups excluding carboxylic acids is 1. The first kappa shape index (κ1) is 10.7.